The van der Waals surface area contributed by atoms with Crippen LogP contribution < -0.4 is 0 Å². The second kappa shape index (κ2) is 5.74. The lowest BCUT2D eigenvalue weighted by molar-refractivity contribution is 0.0866. The molecule has 0 saturated carbocycles. The highest BCUT2D eigenvalue weighted by molar-refractivity contribution is 7.12. The van der Waals surface area contributed by atoms with Gasteiger partial charge in [0.15, 0.2) is 11.6 Å². The number of benzene rings is 1. The Morgan fingerprint density at radius 1 is 1.11 bits per heavy atom. The van der Waals surface area contributed by atoms with Crippen LogP contribution in [0.25, 0.3) is 0 Å². The van der Waals surface area contributed by atoms with Crippen LogP contribution in [0.1, 0.15) is 33.4 Å². The van der Waals surface area contributed by atoms with E-state index in [0.717, 1.165) is 4.88 Å². The van der Waals surface area contributed by atoms with Crippen molar-refractivity contribution in [1.29, 1.82) is 0 Å². The molecular formula is C15H14O2S. The summed E-state index contributed by atoms with van der Waals surface area (Å²) in [6, 6.07) is 12.8. The van der Waals surface area contributed by atoms with Crippen molar-refractivity contribution in [1.82, 2.24) is 0 Å². The molecule has 3 heteroatoms. The van der Waals surface area contributed by atoms with Gasteiger partial charge in [0.05, 0.1) is 4.88 Å². The van der Waals surface area contributed by atoms with Gasteiger partial charge in [-0.05, 0) is 11.4 Å². The van der Waals surface area contributed by atoms with E-state index in [2.05, 4.69) is 0 Å². The summed E-state index contributed by atoms with van der Waals surface area (Å²) in [6.45, 7) is 1.81. The summed E-state index contributed by atoms with van der Waals surface area (Å²) in [5.41, 5.74) is 0.670. The van der Waals surface area contributed by atoms with Crippen LogP contribution in [0, 0.1) is 5.92 Å². The third kappa shape index (κ3) is 2.93. The molecule has 0 fully saturated rings. The van der Waals surface area contributed by atoms with E-state index in [-0.39, 0.29) is 23.9 Å². The lowest BCUT2D eigenvalue weighted by Gasteiger charge is -2.08. The molecule has 0 unspecified atom stereocenters. The molecule has 92 valence electrons. The summed E-state index contributed by atoms with van der Waals surface area (Å²) in [6.07, 6.45) is 0.265. The molecule has 0 aliphatic heterocycles. The van der Waals surface area contributed by atoms with Gasteiger partial charge in [0.1, 0.15) is 0 Å². The predicted octanol–water partition coefficient (Wildman–Crippen LogP) is 3.84. The van der Waals surface area contributed by atoms with Crippen LogP contribution in [-0.4, -0.2) is 11.6 Å². The SMILES string of the molecule is C[C@@H](CC(=O)c1ccccc1)C(=O)c1cccs1. The van der Waals surface area contributed by atoms with Crippen LogP contribution in [0.2, 0.25) is 0 Å². The second-order valence-electron chi connectivity index (χ2n) is 4.24. The first-order valence-electron chi connectivity index (χ1n) is 5.84. The van der Waals surface area contributed by atoms with Gasteiger partial charge in [0.25, 0.3) is 0 Å². The number of Topliss-reactive ketones (excluding diaryl/α,β-unsaturated/α-hetero) is 2. The molecule has 1 heterocycles. The molecule has 0 saturated heterocycles. The Labute approximate surface area is 110 Å². The zero-order chi connectivity index (χ0) is 13.0. The van der Waals surface area contributed by atoms with Crippen LogP contribution in [0.15, 0.2) is 47.8 Å². The van der Waals surface area contributed by atoms with Gasteiger partial charge in [-0.2, -0.15) is 0 Å². The number of hydrogen-bond acceptors (Lipinski definition) is 3. The van der Waals surface area contributed by atoms with E-state index < -0.39 is 0 Å². The largest absolute Gasteiger partial charge is 0.294 e. The van der Waals surface area contributed by atoms with E-state index >= 15 is 0 Å². The number of ketones is 2. The summed E-state index contributed by atoms with van der Waals surface area (Å²) in [4.78, 5) is 24.7. The lowest BCUT2D eigenvalue weighted by Crippen LogP contribution is -2.15. The summed E-state index contributed by atoms with van der Waals surface area (Å²) in [5, 5.41) is 1.87. The number of carbonyl (C=O) groups excluding carboxylic acids is 2. The highest BCUT2D eigenvalue weighted by Crippen LogP contribution is 2.18. The van der Waals surface area contributed by atoms with Gasteiger partial charge in [-0.3, -0.25) is 9.59 Å². The van der Waals surface area contributed by atoms with Gasteiger partial charge in [0.2, 0.25) is 0 Å². The van der Waals surface area contributed by atoms with Crippen LogP contribution in [0.3, 0.4) is 0 Å². The predicted molar refractivity (Wildman–Crippen MR) is 73.2 cm³/mol. The average Bonchev–Trinajstić information content (AvgIpc) is 2.92. The normalized spacial score (nSPS) is 12.1. The van der Waals surface area contributed by atoms with Crippen molar-refractivity contribution in [2.45, 2.75) is 13.3 Å². The molecule has 0 N–H and O–H groups in total. The summed E-state index contributed by atoms with van der Waals surface area (Å²) in [7, 11) is 0. The number of rotatable bonds is 5. The van der Waals surface area contributed by atoms with E-state index in [4.69, 9.17) is 0 Å². The molecule has 0 amide bonds. The van der Waals surface area contributed by atoms with Crippen LogP contribution in [0.4, 0.5) is 0 Å². The Balaban J connectivity index is 2.02. The van der Waals surface area contributed by atoms with Gasteiger partial charge in [0, 0.05) is 17.9 Å². The van der Waals surface area contributed by atoms with Gasteiger partial charge in [-0.25, -0.2) is 0 Å². The van der Waals surface area contributed by atoms with Crippen LogP contribution in [-0.2, 0) is 0 Å². The second-order valence-corrected chi connectivity index (χ2v) is 5.18. The van der Waals surface area contributed by atoms with E-state index in [1.54, 1.807) is 18.2 Å². The zero-order valence-corrected chi connectivity index (χ0v) is 10.9. The van der Waals surface area contributed by atoms with Crippen molar-refractivity contribution in [2.24, 2.45) is 5.92 Å². The summed E-state index contributed by atoms with van der Waals surface area (Å²) >= 11 is 1.42. The van der Waals surface area contributed by atoms with Crippen molar-refractivity contribution < 1.29 is 9.59 Å². The molecule has 0 aliphatic carbocycles. The molecular weight excluding hydrogens is 244 g/mol. The highest BCUT2D eigenvalue weighted by Gasteiger charge is 2.19. The average molecular weight is 258 g/mol. The van der Waals surface area contributed by atoms with Gasteiger partial charge >= 0.3 is 0 Å². The molecule has 1 aromatic carbocycles. The van der Waals surface area contributed by atoms with Crippen LogP contribution in [0.5, 0.6) is 0 Å². The Morgan fingerprint density at radius 3 is 2.44 bits per heavy atom. The summed E-state index contributed by atoms with van der Waals surface area (Å²) < 4.78 is 0. The molecule has 2 aromatic rings. The van der Waals surface area contributed by atoms with E-state index in [9.17, 15) is 9.59 Å². The fraction of sp³-hybridized carbons (Fsp3) is 0.200. The Kier molecular flexibility index (Phi) is 4.05. The molecule has 18 heavy (non-hydrogen) atoms. The third-order valence-corrected chi connectivity index (χ3v) is 3.68. The fourth-order valence-corrected chi connectivity index (χ4v) is 2.55. The van der Waals surface area contributed by atoms with Gasteiger partial charge in [-0.15, -0.1) is 11.3 Å². The fourth-order valence-electron chi connectivity index (χ4n) is 1.77. The van der Waals surface area contributed by atoms with Gasteiger partial charge in [-0.1, -0.05) is 43.3 Å². The van der Waals surface area contributed by atoms with Crippen molar-refractivity contribution in [3.05, 3.63) is 58.3 Å². The Morgan fingerprint density at radius 2 is 1.83 bits per heavy atom. The molecule has 2 nitrogen and oxygen atoms in total. The van der Waals surface area contributed by atoms with Crippen molar-refractivity contribution in [3.63, 3.8) is 0 Å². The van der Waals surface area contributed by atoms with Crippen molar-refractivity contribution >= 4 is 22.9 Å². The zero-order valence-electron chi connectivity index (χ0n) is 10.1. The maximum atomic E-state index is 12.0. The highest BCUT2D eigenvalue weighted by atomic mass is 32.1. The lowest BCUT2D eigenvalue weighted by atomic mass is 9.95. The van der Waals surface area contributed by atoms with E-state index in [1.807, 2.05) is 36.6 Å². The van der Waals surface area contributed by atoms with Gasteiger partial charge < -0.3 is 0 Å². The molecule has 1 atom stereocenters. The number of hydrogen-bond donors (Lipinski definition) is 0. The molecule has 0 aliphatic rings. The quantitative estimate of drug-likeness (QED) is 0.764. The third-order valence-electron chi connectivity index (χ3n) is 2.80. The summed E-state index contributed by atoms with van der Waals surface area (Å²) in [5.74, 6) is -0.196. The first-order chi connectivity index (χ1) is 8.68. The minimum atomic E-state index is -0.267. The first kappa shape index (κ1) is 12.7. The number of thiophene rings is 1. The van der Waals surface area contributed by atoms with Crippen molar-refractivity contribution in [2.75, 3.05) is 0 Å². The molecule has 0 radical (unpaired) electrons. The van der Waals surface area contributed by atoms with Crippen LogP contribution >= 0.6 is 11.3 Å². The minimum Gasteiger partial charge on any atom is -0.294 e. The number of carbonyl (C=O) groups is 2. The Hall–Kier alpha value is -1.74. The molecule has 0 bridgehead atoms. The molecule has 0 spiro atoms. The monoisotopic (exact) mass is 258 g/mol. The standard InChI is InChI=1S/C15H14O2S/c1-11(15(17)14-8-5-9-18-14)10-13(16)12-6-3-2-4-7-12/h2-9,11H,10H2,1H3/t11-/m0/s1. The maximum Gasteiger partial charge on any atom is 0.176 e. The first-order valence-corrected chi connectivity index (χ1v) is 6.72. The van der Waals surface area contributed by atoms with E-state index in [1.165, 1.54) is 11.3 Å². The minimum absolute atomic E-state index is 0.0213. The smallest absolute Gasteiger partial charge is 0.176 e. The molecule has 2 rings (SSSR count). The Bertz CT molecular complexity index is 529. The van der Waals surface area contributed by atoms with Crippen molar-refractivity contribution in [3.8, 4) is 0 Å². The maximum absolute atomic E-state index is 12.0. The topological polar surface area (TPSA) is 34.1 Å². The van der Waals surface area contributed by atoms with E-state index in [0.29, 0.717) is 5.56 Å². The molecule has 1 aromatic heterocycles.